The second kappa shape index (κ2) is 6.26. The van der Waals surface area contributed by atoms with Crippen molar-refractivity contribution in [2.75, 3.05) is 11.5 Å². The number of aryl methyl sites for hydroxylation is 1. The number of sulfone groups is 1. The average Bonchev–Trinajstić information content (AvgIpc) is 2.79. The van der Waals surface area contributed by atoms with E-state index in [0.29, 0.717) is 0 Å². The summed E-state index contributed by atoms with van der Waals surface area (Å²) in [5.41, 5.74) is 2.81. The van der Waals surface area contributed by atoms with Gasteiger partial charge >= 0.3 is 0 Å². The average molecular weight is 411 g/mol. The molecule has 0 aliphatic carbocycles. The number of nitrogens with one attached hydrogen (secondary N) is 2. The molecule has 1 aromatic rings. The van der Waals surface area contributed by atoms with Crippen LogP contribution in [0.3, 0.4) is 0 Å². The zero-order chi connectivity index (χ0) is 16.5. The van der Waals surface area contributed by atoms with Crippen molar-refractivity contribution in [3.8, 4) is 0 Å². The summed E-state index contributed by atoms with van der Waals surface area (Å²) < 4.78 is 47.6. The summed E-state index contributed by atoms with van der Waals surface area (Å²) in [5, 5.41) is 0. The molecular weight excluding hydrogens is 396 g/mol. The molecule has 1 fully saturated rings. The number of carbonyl (C=O) groups excluding carboxylic acids is 1. The third kappa shape index (κ3) is 4.06. The van der Waals surface area contributed by atoms with Crippen LogP contribution in [0.5, 0.6) is 0 Å². The maximum Gasteiger partial charge on any atom is 0.257 e. The molecule has 1 aliphatic heterocycles. The van der Waals surface area contributed by atoms with E-state index in [9.17, 15) is 21.6 Å². The first-order chi connectivity index (χ1) is 10.1. The van der Waals surface area contributed by atoms with Crippen LogP contribution in [0.15, 0.2) is 27.6 Å². The van der Waals surface area contributed by atoms with E-state index in [-0.39, 0.29) is 22.8 Å². The molecule has 22 heavy (non-hydrogen) atoms. The second-order valence-electron chi connectivity index (χ2n) is 5.11. The lowest BCUT2D eigenvalue weighted by Gasteiger charge is -2.12. The highest BCUT2D eigenvalue weighted by atomic mass is 79.9. The Morgan fingerprint density at radius 1 is 1.36 bits per heavy atom. The highest BCUT2D eigenvalue weighted by molar-refractivity contribution is 9.10. The number of hydrogen-bond acceptors (Lipinski definition) is 5. The number of carbonyl (C=O) groups is 1. The largest absolute Gasteiger partial charge is 0.277 e. The van der Waals surface area contributed by atoms with Crippen LogP contribution in [0, 0.1) is 12.8 Å². The highest BCUT2D eigenvalue weighted by Crippen LogP contribution is 2.20. The Morgan fingerprint density at radius 2 is 2.05 bits per heavy atom. The molecule has 0 aromatic heterocycles. The molecule has 1 aromatic carbocycles. The van der Waals surface area contributed by atoms with Crippen LogP contribution in [-0.4, -0.2) is 34.2 Å². The van der Waals surface area contributed by atoms with E-state index >= 15 is 0 Å². The normalized spacial score (nSPS) is 20.7. The third-order valence-corrected chi connectivity index (χ3v) is 7.25. The Kier molecular flexibility index (Phi) is 4.95. The fraction of sp³-hybridized carbons (Fsp3) is 0.417. The van der Waals surface area contributed by atoms with E-state index in [1.165, 1.54) is 12.1 Å². The minimum absolute atomic E-state index is 0.00698. The first-order valence-electron chi connectivity index (χ1n) is 6.39. The topological polar surface area (TPSA) is 109 Å². The van der Waals surface area contributed by atoms with E-state index in [1.807, 2.05) is 4.83 Å². The van der Waals surface area contributed by atoms with E-state index in [2.05, 4.69) is 21.4 Å². The van der Waals surface area contributed by atoms with E-state index in [1.54, 1.807) is 13.0 Å². The van der Waals surface area contributed by atoms with Crippen molar-refractivity contribution in [1.29, 1.82) is 0 Å². The SMILES string of the molecule is Cc1cc(S(=O)(=O)NNC(=O)[C@H]2CCS(=O)(=O)C2)ccc1Br. The Balaban J connectivity index is 2.04. The van der Waals surface area contributed by atoms with E-state index in [0.717, 1.165) is 10.0 Å². The highest BCUT2D eigenvalue weighted by Gasteiger charge is 2.33. The minimum atomic E-state index is -3.91. The van der Waals surface area contributed by atoms with Gasteiger partial charge < -0.3 is 0 Å². The summed E-state index contributed by atoms with van der Waals surface area (Å²) in [6.07, 6.45) is 0.202. The number of hydrogen-bond donors (Lipinski definition) is 2. The maximum atomic E-state index is 12.1. The van der Waals surface area contributed by atoms with Gasteiger partial charge in [-0.25, -0.2) is 16.8 Å². The molecule has 1 atom stereocenters. The first kappa shape index (κ1) is 17.4. The standard InChI is InChI=1S/C12H15BrN2O5S2/c1-8-6-10(2-3-11(8)13)22(19,20)15-14-12(16)9-4-5-21(17,18)7-9/h2-3,6,9,15H,4-5,7H2,1H3,(H,14,16)/t9-/m0/s1. The van der Waals surface area contributed by atoms with Crippen LogP contribution < -0.4 is 10.3 Å². The van der Waals surface area contributed by atoms with Crippen molar-refractivity contribution >= 4 is 41.7 Å². The summed E-state index contributed by atoms with van der Waals surface area (Å²) >= 11 is 3.27. The van der Waals surface area contributed by atoms with Crippen molar-refractivity contribution < 1.29 is 21.6 Å². The van der Waals surface area contributed by atoms with Crippen molar-refractivity contribution in [3.63, 3.8) is 0 Å². The predicted octanol–water partition coefficient (Wildman–Crippen LogP) is 0.502. The number of amides is 1. The van der Waals surface area contributed by atoms with Gasteiger partial charge in [0.1, 0.15) is 0 Å². The smallest absolute Gasteiger partial charge is 0.257 e. The summed E-state index contributed by atoms with van der Waals surface area (Å²) in [6.45, 7) is 1.74. The molecule has 122 valence electrons. The number of benzene rings is 1. The van der Waals surface area contributed by atoms with Gasteiger partial charge in [-0.1, -0.05) is 15.9 Å². The van der Waals surface area contributed by atoms with Crippen molar-refractivity contribution in [2.24, 2.45) is 5.92 Å². The van der Waals surface area contributed by atoms with E-state index in [4.69, 9.17) is 0 Å². The van der Waals surface area contributed by atoms with E-state index < -0.39 is 31.7 Å². The lowest BCUT2D eigenvalue weighted by Crippen LogP contribution is -2.44. The van der Waals surface area contributed by atoms with Gasteiger partial charge in [-0.3, -0.25) is 10.2 Å². The first-order valence-corrected chi connectivity index (χ1v) is 10.5. The number of halogens is 1. The van der Waals surface area contributed by atoms with Crippen LogP contribution in [0.2, 0.25) is 0 Å². The summed E-state index contributed by atoms with van der Waals surface area (Å²) in [4.78, 5) is 13.8. The van der Waals surface area contributed by atoms with Gasteiger partial charge in [0, 0.05) is 4.47 Å². The second-order valence-corrected chi connectivity index (χ2v) is 9.87. The molecule has 0 unspecified atom stereocenters. The lowest BCUT2D eigenvalue weighted by atomic mass is 10.1. The summed E-state index contributed by atoms with van der Waals surface area (Å²) in [7, 11) is -7.11. The van der Waals surface area contributed by atoms with Crippen molar-refractivity contribution in [2.45, 2.75) is 18.2 Å². The maximum absolute atomic E-state index is 12.1. The van der Waals surface area contributed by atoms with Gasteiger partial charge in [0.2, 0.25) is 5.91 Å². The Hall–Kier alpha value is -0.970. The molecule has 0 saturated carbocycles. The molecular formula is C12H15BrN2O5S2. The molecule has 2 rings (SSSR count). The Morgan fingerprint density at radius 3 is 2.59 bits per heavy atom. The lowest BCUT2D eigenvalue weighted by molar-refractivity contribution is -0.124. The Labute approximate surface area is 137 Å². The predicted molar refractivity (Wildman–Crippen MR) is 84.1 cm³/mol. The van der Waals surface area contributed by atoms with Gasteiger partial charge in [0.15, 0.2) is 9.84 Å². The zero-order valence-electron chi connectivity index (χ0n) is 11.7. The third-order valence-electron chi connectivity index (χ3n) is 3.35. The number of sulfonamides is 1. The van der Waals surface area contributed by atoms with Gasteiger partial charge in [0.25, 0.3) is 10.0 Å². The molecule has 7 nitrogen and oxygen atoms in total. The fourth-order valence-corrected chi connectivity index (χ4v) is 4.98. The molecule has 2 N–H and O–H groups in total. The van der Waals surface area contributed by atoms with Crippen LogP contribution >= 0.6 is 15.9 Å². The van der Waals surface area contributed by atoms with Crippen LogP contribution in [0.1, 0.15) is 12.0 Å². The quantitative estimate of drug-likeness (QED) is 0.702. The zero-order valence-corrected chi connectivity index (χ0v) is 14.9. The fourth-order valence-electron chi connectivity index (χ4n) is 2.06. The van der Waals surface area contributed by atoms with Gasteiger partial charge in [-0.05, 0) is 37.1 Å². The van der Waals surface area contributed by atoms with Crippen LogP contribution in [-0.2, 0) is 24.7 Å². The monoisotopic (exact) mass is 410 g/mol. The molecule has 1 aliphatic rings. The number of rotatable bonds is 4. The molecule has 10 heteroatoms. The molecule has 0 spiro atoms. The van der Waals surface area contributed by atoms with Gasteiger partial charge in [0.05, 0.1) is 22.3 Å². The van der Waals surface area contributed by atoms with Crippen LogP contribution in [0.25, 0.3) is 0 Å². The van der Waals surface area contributed by atoms with Gasteiger partial charge in [-0.15, -0.1) is 4.83 Å². The Bertz CT molecular complexity index is 805. The molecule has 0 radical (unpaired) electrons. The number of hydrazine groups is 1. The minimum Gasteiger partial charge on any atom is -0.277 e. The van der Waals surface area contributed by atoms with Crippen molar-refractivity contribution in [1.82, 2.24) is 10.3 Å². The van der Waals surface area contributed by atoms with Gasteiger partial charge in [-0.2, -0.15) is 0 Å². The van der Waals surface area contributed by atoms with Crippen molar-refractivity contribution in [3.05, 3.63) is 28.2 Å². The molecule has 1 heterocycles. The summed E-state index contributed by atoms with van der Waals surface area (Å²) in [5.74, 6) is -1.67. The molecule has 1 saturated heterocycles. The van der Waals surface area contributed by atoms with Crippen LogP contribution in [0.4, 0.5) is 0 Å². The molecule has 0 bridgehead atoms. The summed E-state index contributed by atoms with van der Waals surface area (Å²) in [6, 6.07) is 4.44. The molecule has 1 amide bonds.